The largest absolute Gasteiger partial charge is 0.252 e. The molecule has 116 valence electrons. The minimum atomic E-state index is -0.00931. The van der Waals surface area contributed by atoms with E-state index >= 15 is 0 Å². The van der Waals surface area contributed by atoms with Crippen LogP contribution in [0.5, 0.6) is 0 Å². The Kier molecular flexibility index (Phi) is 3.91. The van der Waals surface area contributed by atoms with Gasteiger partial charge in [0, 0.05) is 24.3 Å². The number of hydrogen-bond acceptors (Lipinski definition) is 4. The third kappa shape index (κ3) is 3.49. The molecule has 0 aliphatic heterocycles. The second kappa shape index (κ2) is 5.24. The van der Waals surface area contributed by atoms with E-state index < -0.39 is 0 Å². The van der Waals surface area contributed by atoms with E-state index in [1.54, 1.807) is 6.33 Å². The van der Waals surface area contributed by atoms with E-state index in [9.17, 15) is 0 Å². The number of nitrogens with zero attached hydrogens (tertiary/aromatic N) is 6. The zero-order valence-electron chi connectivity index (χ0n) is 14.2. The summed E-state index contributed by atoms with van der Waals surface area (Å²) in [6, 6.07) is 0. The van der Waals surface area contributed by atoms with Crippen LogP contribution < -0.4 is 0 Å². The Morgan fingerprint density at radius 1 is 1.00 bits per heavy atom. The highest BCUT2D eigenvalue weighted by Crippen LogP contribution is 2.21. The van der Waals surface area contributed by atoms with Crippen molar-refractivity contribution in [2.24, 2.45) is 7.05 Å². The lowest BCUT2D eigenvalue weighted by atomic mass is 9.96. The molecule has 0 atom stereocenters. The van der Waals surface area contributed by atoms with Crippen molar-refractivity contribution in [2.45, 2.75) is 65.3 Å². The summed E-state index contributed by atoms with van der Waals surface area (Å²) in [7, 11) is 1.95. The van der Waals surface area contributed by atoms with E-state index in [1.165, 1.54) is 0 Å². The average Bonchev–Trinajstić information content (AvgIpc) is 2.90. The van der Waals surface area contributed by atoms with Crippen LogP contribution in [-0.4, -0.2) is 29.5 Å². The van der Waals surface area contributed by atoms with Crippen molar-refractivity contribution in [3.63, 3.8) is 0 Å². The fourth-order valence-electron chi connectivity index (χ4n) is 2.41. The van der Waals surface area contributed by atoms with E-state index in [2.05, 4.69) is 61.7 Å². The minimum absolute atomic E-state index is 0.00379. The van der Waals surface area contributed by atoms with Crippen molar-refractivity contribution in [1.82, 2.24) is 29.5 Å². The van der Waals surface area contributed by atoms with Crippen molar-refractivity contribution in [2.75, 3.05) is 0 Å². The molecule has 2 aromatic heterocycles. The van der Waals surface area contributed by atoms with E-state index in [-0.39, 0.29) is 10.8 Å². The molecular formula is C15H26N6. The number of aromatic nitrogens is 6. The smallest absolute Gasteiger partial charge is 0.152 e. The van der Waals surface area contributed by atoms with Crippen LogP contribution >= 0.6 is 0 Å². The molecule has 0 aliphatic rings. The lowest BCUT2D eigenvalue weighted by Crippen LogP contribution is -2.20. The van der Waals surface area contributed by atoms with Crippen LogP contribution in [0.4, 0.5) is 0 Å². The summed E-state index contributed by atoms with van der Waals surface area (Å²) >= 11 is 0. The van der Waals surface area contributed by atoms with Crippen LogP contribution in [0.1, 0.15) is 59.0 Å². The Hall–Kier alpha value is -1.72. The van der Waals surface area contributed by atoms with Crippen LogP contribution in [0.2, 0.25) is 0 Å². The Labute approximate surface area is 126 Å². The maximum absolute atomic E-state index is 4.66. The van der Waals surface area contributed by atoms with E-state index in [0.717, 1.165) is 30.4 Å². The van der Waals surface area contributed by atoms with Gasteiger partial charge in [-0.1, -0.05) is 41.5 Å². The fourth-order valence-corrected chi connectivity index (χ4v) is 2.41. The van der Waals surface area contributed by atoms with Crippen molar-refractivity contribution in [3.8, 4) is 0 Å². The summed E-state index contributed by atoms with van der Waals surface area (Å²) in [5.74, 6) is 2.86. The maximum Gasteiger partial charge on any atom is 0.152 e. The molecule has 0 N–H and O–H groups in total. The maximum atomic E-state index is 4.66. The van der Waals surface area contributed by atoms with Gasteiger partial charge in [0.25, 0.3) is 0 Å². The Balaban J connectivity index is 2.13. The highest BCUT2D eigenvalue weighted by Gasteiger charge is 2.23. The van der Waals surface area contributed by atoms with Gasteiger partial charge in [-0.3, -0.25) is 4.68 Å². The van der Waals surface area contributed by atoms with Gasteiger partial charge in [-0.25, -0.2) is 14.6 Å². The molecule has 0 aliphatic carbocycles. The average molecular weight is 290 g/mol. The molecule has 0 saturated carbocycles. The quantitative estimate of drug-likeness (QED) is 0.870. The van der Waals surface area contributed by atoms with E-state index in [1.807, 2.05) is 16.4 Å². The van der Waals surface area contributed by atoms with E-state index in [4.69, 9.17) is 0 Å². The van der Waals surface area contributed by atoms with Gasteiger partial charge < -0.3 is 0 Å². The highest BCUT2D eigenvalue weighted by atomic mass is 15.4. The van der Waals surface area contributed by atoms with Crippen molar-refractivity contribution in [1.29, 1.82) is 0 Å². The predicted molar refractivity (Wildman–Crippen MR) is 82.1 cm³/mol. The first kappa shape index (κ1) is 15.7. The molecule has 0 saturated heterocycles. The van der Waals surface area contributed by atoms with Gasteiger partial charge in [0.15, 0.2) is 5.82 Å². The second-order valence-electron chi connectivity index (χ2n) is 7.53. The Morgan fingerprint density at radius 3 is 2.14 bits per heavy atom. The first-order chi connectivity index (χ1) is 9.59. The van der Waals surface area contributed by atoms with Crippen LogP contribution in [0, 0.1) is 0 Å². The van der Waals surface area contributed by atoms with Crippen LogP contribution in [0.3, 0.4) is 0 Å². The number of rotatable bonds is 3. The zero-order valence-corrected chi connectivity index (χ0v) is 14.2. The van der Waals surface area contributed by atoms with Crippen LogP contribution in [0.25, 0.3) is 0 Å². The first-order valence-corrected chi connectivity index (χ1v) is 7.38. The summed E-state index contributed by atoms with van der Waals surface area (Å²) in [5.41, 5.74) is -0.00552. The summed E-state index contributed by atoms with van der Waals surface area (Å²) in [6.07, 6.45) is 2.38. The molecule has 6 heteroatoms. The zero-order chi connectivity index (χ0) is 15.8. The van der Waals surface area contributed by atoms with Gasteiger partial charge >= 0.3 is 0 Å². The van der Waals surface area contributed by atoms with Gasteiger partial charge in [-0.05, 0) is 0 Å². The first-order valence-electron chi connectivity index (χ1n) is 7.38. The molecule has 2 heterocycles. The third-order valence-corrected chi connectivity index (χ3v) is 3.31. The lowest BCUT2D eigenvalue weighted by Gasteiger charge is -2.18. The Morgan fingerprint density at radius 2 is 1.62 bits per heavy atom. The van der Waals surface area contributed by atoms with Gasteiger partial charge in [-0.2, -0.15) is 10.2 Å². The van der Waals surface area contributed by atoms with Gasteiger partial charge in [-0.15, -0.1) is 0 Å². The molecule has 6 nitrogen and oxygen atoms in total. The summed E-state index contributed by atoms with van der Waals surface area (Å²) < 4.78 is 3.83. The van der Waals surface area contributed by atoms with E-state index in [0.29, 0.717) is 0 Å². The van der Waals surface area contributed by atoms with Crippen molar-refractivity contribution >= 4 is 0 Å². The molecular weight excluding hydrogens is 264 g/mol. The standard InChI is InChI=1S/C15H26N6/c1-14(2,3)12-16-10-17-21(12)9-8-11-18-13(15(4,5)6)20(7)19-11/h10H,8-9H2,1-7H3. The fraction of sp³-hybridized carbons (Fsp3) is 0.733. The summed E-state index contributed by atoms with van der Waals surface area (Å²) in [5, 5.41) is 8.83. The Bertz CT molecular complexity index is 609. The molecule has 21 heavy (non-hydrogen) atoms. The lowest BCUT2D eigenvalue weighted by molar-refractivity contribution is 0.469. The van der Waals surface area contributed by atoms with Gasteiger partial charge in [0.1, 0.15) is 18.0 Å². The second-order valence-corrected chi connectivity index (χ2v) is 7.53. The number of hydrogen-bond donors (Lipinski definition) is 0. The molecule has 0 unspecified atom stereocenters. The predicted octanol–water partition coefficient (Wildman–Crippen LogP) is 2.24. The molecule has 0 aromatic carbocycles. The molecule has 0 bridgehead atoms. The molecule has 0 amide bonds. The molecule has 2 rings (SSSR count). The normalized spacial score (nSPS) is 12.9. The SMILES string of the molecule is Cn1nc(CCn2ncnc2C(C)(C)C)nc1C(C)(C)C. The highest BCUT2D eigenvalue weighted by molar-refractivity contribution is 5.05. The van der Waals surface area contributed by atoms with Crippen molar-refractivity contribution < 1.29 is 0 Å². The van der Waals surface area contributed by atoms with Gasteiger partial charge in [0.05, 0.1) is 6.54 Å². The molecule has 0 fully saturated rings. The molecule has 0 radical (unpaired) electrons. The van der Waals surface area contributed by atoms with Crippen LogP contribution in [-0.2, 0) is 30.8 Å². The van der Waals surface area contributed by atoms with Crippen molar-refractivity contribution in [3.05, 3.63) is 23.8 Å². The summed E-state index contributed by atoms with van der Waals surface area (Å²) in [6.45, 7) is 13.6. The van der Waals surface area contributed by atoms with Crippen LogP contribution in [0.15, 0.2) is 6.33 Å². The minimum Gasteiger partial charge on any atom is -0.252 e. The topological polar surface area (TPSA) is 61.4 Å². The summed E-state index contributed by atoms with van der Waals surface area (Å²) in [4.78, 5) is 9.03. The molecule has 0 spiro atoms. The monoisotopic (exact) mass is 290 g/mol. The number of aryl methyl sites for hydroxylation is 3. The van der Waals surface area contributed by atoms with Gasteiger partial charge in [0.2, 0.25) is 0 Å². The third-order valence-electron chi connectivity index (χ3n) is 3.31. The molecule has 2 aromatic rings.